The third-order valence-corrected chi connectivity index (χ3v) is 7.93. The Labute approximate surface area is 191 Å². The molecule has 1 aliphatic carbocycles. The second kappa shape index (κ2) is 8.64. The van der Waals surface area contributed by atoms with Crippen molar-refractivity contribution in [2.75, 3.05) is 26.7 Å². The van der Waals surface area contributed by atoms with E-state index in [9.17, 15) is 9.59 Å². The second-order valence-electron chi connectivity index (χ2n) is 8.55. The van der Waals surface area contributed by atoms with E-state index < -0.39 is 5.41 Å². The number of amides is 2. The van der Waals surface area contributed by atoms with Crippen molar-refractivity contribution >= 4 is 33.4 Å². The van der Waals surface area contributed by atoms with E-state index in [1.165, 1.54) is 11.3 Å². The molecule has 0 radical (unpaired) electrons. The number of nitrogens with one attached hydrogen (secondary N) is 1. The van der Waals surface area contributed by atoms with Gasteiger partial charge in [0.1, 0.15) is 15.8 Å². The van der Waals surface area contributed by atoms with Gasteiger partial charge in [0, 0.05) is 30.7 Å². The topological polar surface area (TPSA) is 71.5 Å². The minimum Gasteiger partial charge on any atom is -0.370 e. The highest BCUT2D eigenvalue weighted by Gasteiger charge is 2.46. The number of morpholine rings is 1. The molecule has 7 heteroatoms. The Morgan fingerprint density at radius 1 is 1.16 bits per heavy atom. The Kier molecular flexibility index (Phi) is 5.69. The lowest BCUT2D eigenvalue weighted by Gasteiger charge is -2.39. The molecule has 3 aromatic rings. The Hall–Kier alpha value is -2.77. The van der Waals surface area contributed by atoms with Crippen LogP contribution in [0.25, 0.3) is 10.2 Å². The van der Waals surface area contributed by atoms with Gasteiger partial charge < -0.3 is 15.0 Å². The number of thiophene rings is 1. The van der Waals surface area contributed by atoms with E-state index in [0.29, 0.717) is 24.6 Å². The first-order valence-electron chi connectivity index (χ1n) is 11.2. The molecule has 1 aromatic carbocycles. The average molecular weight is 450 g/mol. The molecule has 0 spiro atoms. The maximum absolute atomic E-state index is 14.0. The number of carbonyl (C=O) groups excluding carboxylic acids is 2. The Bertz CT molecular complexity index is 1140. The van der Waals surface area contributed by atoms with Crippen LogP contribution in [0, 0.1) is 0 Å². The fraction of sp³-hybridized carbons (Fsp3) is 0.400. The van der Waals surface area contributed by atoms with Gasteiger partial charge in [-0.2, -0.15) is 0 Å². The quantitative estimate of drug-likeness (QED) is 0.652. The molecule has 2 aliphatic rings. The van der Waals surface area contributed by atoms with Crippen LogP contribution in [0.1, 0.15) is 52.6 Å². The average Bonchev–Trinajstić information content (AvgIpc) is 3.50. The lowest BCUT2D eigenvalue weighted by molar-refractivity contribution is -0.145. The van der Waals surface area contributed by atoms with E-state index in [1.54, 1.807) is 13.2 Å². The molecule has 1 saturated heterocycles. The molecule has 2 fully saturated rings. The fourth-order valence-corrected chi connectivity index (χ4v) is 6.37. The summed E-state index contributed by atoms with van der Waals surface area (Å²) < 4.78 is 6.15. The molecule has 3 heterocycles. The van der Waals surface area contributed by atoms with E-state index in [-0.39, 0.29) is 17.9 Å². The molecular formula is C25H27N3O3S. The molecule has 1 saturated carbocycles. The van der Waals surface area contributed by atoms with Crippen molar-refractivity contribution in [2.45, 2.75) is 37.2 Å². The number of pyridine rings is 1. The predicted octanol–water partition coefficient (Wildman–Crippen LogP) is 4.07. The largest absolute Gasteiger partial charge is 0.370 e. The summed E-state index contributed by atoms with van der Waals surface area (Å²) >= 11 is 1.37. The first-order chi connectivity index (χ1) is 15.6. The lowest BCUT2D eigenvalue weighted by atomic mass is 9.77. The van der Waals surface area contributed by atoms with Gasteiger partial charge in [-0.05, 0) is 24.5 Å². The number of hydrogen-bond donors (Lipinski definition) is 1. The molecule has 0 bridgehead atoms. The number of hydrogen-bond acceptors (Lipinski definition) is 5. The summed E-state index contributed by atoms with van der Waals surface area (Å²) in [5.41, 5.74) is 1.50. The van der Waals surface area contributed by atoms with Gasteiger partial charge in [0.25, 0.3) is 5.91 Å². The van der Waals surface area contributed by atoms with Gasteiger partial charge >= 0.3 is 0 Å². The molecule has 2 amide bonds. The Morgan fingerprint density at radius 2 is 1.94 bits per heavy atom. The SMILES string of the molecule is CNC(=O)c1sc2ncccc2c1[C@@H]1CN(C(=O)C2(c3ccccc3)CCCC2)CCO1. The zero-order chi connectivity index (χ0) is 22.1. The maximum Gasteiger partial charge on any atom is 0.261 e. The van der Waals surface area contributed by atoms with E-state index in [2.05, 4.69) is 22.4 Å². The van der Waals surface area contributed by atoms with Gasteiger partial charge in [-0.1, -0.05) is 49.2 Å². The zero-order valence-electron chi connectivity index (χ0n) is 18.2. The summed E-state index contributed by atoms with van der Waals surface area (Å²) in [6.45, 7) is 1.46. The van der Waals surface area contributed by atoms with Crippen LogP contribution in [0.3, 0.4) is 0 Å². The summed E-state index contributed by atoms with van der Waals surface area (Å²) in [5.74, 6) is 0.0419. The molecule has 166 valence electrons. The Morgan fingerprint density at radius 3 is 2.69 bits per heavy atom. The molecule has 2 aromatic heterocycles. The highest BCUT2D eigenvalue weighted by molar-refractivity contribution is 7.20. The number of benzene rings is 1. The molecule has 6 nitrogen and oxygen atoms in total. The minimum atomic E-state index is -0.453. The maximum atomic E-state index is 14.0. The van der Waals surface area contributed by atoms with Gasteiger partial charge in [0.15, 0.2) is 0 Å². The van der Waals surface area contributed by atoms with Crippen molar-refractivity contribution in [3.8, 4) is 0 Å². The fourth-order valence-electron chi connectivity index (χ4n) is 5.23. The van der Waals surface area contributed by atoms with E-state index >= 15 is 0 Å². The summed E-state index contributed by atoms with van der Waals surface area (Å²) in [5, 5.41) is 3.66. The van der Waals surface area contributed by atoms with Gasteiger partial charge in [-0.25, -0.2) is 4.98 Å². The number of aromatic nitrogens is 1. The molecule has 1 aliphatic heterocycles. The Balaban J connectivity index is 1.49. The third kappa shape index (κ3) is 3.49. The standard InChI is InChI=1S/C25H27N3O3S/c1-26-22(29)21-20(18-10-7-13-27-23(18)32-21)19-16-28(14-15-31-19)24(30)25(11-5-6-12-25)17-8-3-2-4-9-17/h2-4,7-10,13,19H,5-6,11-12,14-16H2,1H3,(H,26,29)/t19-/m0/s1. The lowest BCUT2D eigenvalue weighted by Crippen LogP contribution is -2.50. The van der Waals surface area contributed by atoms with Crippen LogP contribution in [-0.2, 0) is 14.9 Å². The molecule has 1 N–H and O–H groups in total. The molecule has 1 atom stereocenters. The second-order valence-corrected chi connectivity index (χ2v) is 9.55. The summed E-state index contributed by atoms with van der Waals surface area (Å²) in [6.07, 6.45) is 5.27. The number of nitrogens with zero attached hydrogens (tertiary/aromatic N) is 2. The molecular weight excluding hydrogens is 422 g/mol. The number of rotatable bonds is 4. The van der Waals surface area contributed by atoms with Crippen molar-refractivity contribution in [2.24, 2.45) is 0 Å². The highest BCUT2D eigenvalue weighted by atomic mass is 32.1. The van der Waals surface area contributed by atoms with Crippen molar-refractivity contribution in [1.29, 1.82) is 0 Å². The molecule has 32 heavy (non-hydrogen) atoms. The van der Waals surface area contributed by atoms with Crippen LogP contribution in [0.2, 0.25) is 0 Å². The van der Waals surface area contributed by atoms with Crippen molar-refractivity contribution < 1.29 is 14.3 Å². The number of ether oxygens (including phenoxy) is 1. The summed E-state index contributed by atoms with van der Waals surface area (Å²) in [4.78, 5) is 34.4. The van der Waals surface area contributed by atoms with Crippen LogP contribution in [-0.4, -0.2) is 48.4 Å². The van der Waals surface area contributed by atoms with Crippen molar-refractivity contribution in [1.82, 2.24) is 15.2 Å². The zero-order valence-corrected chi connectivity index (χ0v) is 19.0. The summed E-state index contributed by atoms with van der Waals surface area (Å²) in [6, 6.07) is 14.1. The van der Waals surface area contributed by atoms with Gasteiger partial charge in [-0.15, -0.1) is 11.3 Å². The van der Waals surface area contributed by atoms with Crippen LogP contribution in [0.5, 0.6) is 0 Å². The molecule has 0 unspecified atom stereocenters. The van der Waals surface area contributed by atoms with Crippen LogP contribution >= 0.6 is 11.3 Å². The monoisotopic (exact) mass is 449 g/mol. The van der Waals surface area contributed by atoms with Crippen molar-refractivity contribution in [3.63, 3.8) is 0 Å². The first-order valence-corrected chi connectivity index (χ1v) is 12.0. The molecule has 5 rings (SSSR count). The van der Waals surface area contributed by atoms with Gasteiger partial charge in [0.05, 0.1) is 18.6 Å². The van der Waals surface area contributed by atoms with Crippen molar-refractivity contribution in [3.05, 3.63) is 64.7 Å². The van der Waals surface area contributed by atoms with Gasteiger partial charge in [-0.3, -0.25) is 9.59 Å². The van der Waals surface area contributed by atoms with Crippen LogP contribution in [0.4, 0.5) is 0 Å². The van der Waals surface area contributed by atoms with Gasteiger partial charge in [0.2, 0.25) is 5.91 Å². The van der Waals surface area contributed by atoms with E-state index in [0.717, 1.165) is 47.0 Å². The highest BCUT2D eigenvalue weighted by Crippen LogP contribution is 2.44. The number of carbonyl (C=O) groups is 2. The van der Waals surface area contributed by atoms with Crippen LogP contribution < -0.4 is 5.32 Å². The normalized spacial score (nSPS) is 20.4. The number of fused-ring (bicyclic) bond motifs is 1. The van der Waals surface area contributed by atoms with Crippen LogP contribution in [0.15, 0.2) is 48.7 Å². The first kappa shape index (κ1) is 21.1. The minimum absolute atomic E-state index is 0.147. The smallest absolute Gasteiger partial charge is 0.261 e. The van der Waals surface area contributed by atoms with E-state index in [1.807, 2.05) is 35.2 Å². The summed E-state index contributed by atoms with van der Waals surface area (Å²) in [7, 11) is 1.63. The predicted molar refractivity (Wildman–Crippen MR) is 125 cm³/mol. The van der Waals surface area contributed by atoms with E-state index in [4.69, 9.17) is 4.74 Å². The third-order valence-electron chi connectivity index (χ3n) is 6.81.